The van der Waals surface area contributed by atoms with Crippen molar-refractivity contribution >= 4 is 17.2 Å². The molecule has 24 heavy (non-hydrogen) atoms. The molecule has 1 aliphatic rings. The fraction of sp³-hybridized carbons (Fsp3) is 0.444. The van der Waals surface area contributed by atoms with Gasteiger partial charge >= 0.3 is 0 Å². The van der Waals surface area contributed by atoms with Crippen molar-refractivity contribution < 1.29 is 9.18 Å². The molecule has 0 spiro atoms. The lowest BCUT2D eigenvalue weighted by molar-refractivity contribution is -0.132. The fourth-order valence-electron chi connectivity index (χ4n) is 3.06. The number of hydrogen-bond acceptors (Lipinski definition) is 4. The van der Waals surface area contributed by atoms with Gasteiger partial charge in [0, 0.05) is 30.1 Å². The van der Waals surface area contributed by atoms with Crippen molar-refractivity contribution in [3.8, 4) is 10.6 Å². The number of nitrogens with zero attached hydrogens (tertiary/aromatic N) is 2. The van der Waals surface area contributed by atoms with Crippen molar-refractivity contribution in [3.05, 3.63) is 41.2 Å². The minimum Gasteiger partial charge on any atom is -0.338 e. The van der Waals surface area contributed by atoms with Crippen LogP contribution in [0.4, 0.5) is 4.39 Å². The van der Waals surface area contributed by atoms with Crippen LogP contribution in [0.2, 0.25) is 0 Å². The zero-order chi connectivity index (χ0) is 16.9. The second-order valence-electron chi connectivity index (χ2n) is 6.06. The minimum absolute atomic E-state index is 0.127. The van der Waals surface area contributed by atoms with Crippen LogP contribution >= 0.6 is 11.3 Å². The van der Waals surface area contributed by atoms with Gasteiger partial charge in [-0.2, -0.15) is 0 Å². The Balaban J connectivity index is 1.69. The van der Waals surface area contributed by atoms with Gasteiger partial charge in [0.1, 0.15) is 10.8 Å². The van der Waals surface area contributed by atoms with Crippen molar-refractivity contribution in [3.63, 3.8) is 0 Å². The maximum atomic E-state index is 13.3. The Labute approximate surface area is 145 Å². The monoisotopic (exact) mass is 347 g/mol. The average Bonchev–Trinajstić information content (AvgIpc) is 3.24. The molecule has 1 aromatic carbocycles. The smallest absolute Gasteiger partial charge is 0.228 e. The lowest BCUT2D eigenvalue weighted by atomic mass is 10.1. The summed E-state index contributed by atoms with van der Waals surface area (Å²) in [6, 6.07) is 6.69. The average molecular weight is 347 g/mol. The topological polar surface area (TPSA) is 45.2 Å². The van der Waals surface area contributed by atoms with Gasteiger partial charge in [-0.25, -0.2) is 9.37 Å². The summed E-state index contributed by atoms with van der Waals surface area (Å²) in [5.41, 5.74) is 1.51. The molecule has 2 heterocycles. The van der Waals surface area contributed by atoms with Gasteiger partial charge < -0.3 is 10.2 Å². The molecule has 1 aromatic heterocycles. The zero-order valence-electron chi connectivity index (χ0n) is 13.8. The largest absolute Gasteiger partial charge is 0.338 e. The van der Waals surface area contributed by atoms with Gasteiger partial charge in [-0.15, -0.1) is 11.3 Å². The number of benzene rings is 1. The highest BCUT2D eigenvalue weighted by Gasteiger charge is 2.26. The van der Waals surface area contributed by atoms with E-state index in [-0.39, 0.29) is 11.7 Å². The van der Waals surface area contributed by atoms with Gasteiger partial charge in [0.15, 0.2) is 0 Å². The number of rotatable bonds is 6. The quantitative estimate of drug-likeness (QED) is 0.873. The summed E-state index contributed by atoms with van der Waals surface area (Å²) in [7, 11) is 0. The molecular weight excluding hydrogens is 325 g/mol. The Hall–Kier alpha value is -1.79. The van der Waals surface area contributed by atoms with E-state index < -0.39 is 0 Å². The third kappa shape index (κ3) is 3.99. The van der Waals surface area contributed by atoms with Gasteiger partial charge in [-0.1, -0.05) is 19.1 Å². The summed E-state index contributed by atoms with van der Waals surface area (Å²) in [6.07, 6.45) is 2.27. The molecule has 128 valence electrons. The third-order valence-electron chi connectivity index (χ3n) is 4.22. The first-order chi connectivity index (χ1) is 11.7. The van der Waals surface area contributed by atoms with Crippen molar-refractivity contribution in [1.82, 2.24) is 15.2 Å². The SMILES string of the molecule is CCCN(C(=O)Cc1csc(-c2cccc(F)c2)n1)C1CCNC1. The molecule has 1 unspecified atom stereocenters. The molecule has 1 amide bonds. The van der Waals surface area contributed by atoms with Crippen LogP contribution in [0.25, 0.3) is 10.6 Å². The van der Waals surface area contributed by atoms with Crippen LogP contribution in [0.5, 0.6) is 0 Å². The van der Waals surface area contributed by atoms with Crippen LogP contribution in [-0.4, -0.2) is 41.5 Å². The van der Waals surface area contributed by atoms with Crippen molar-refractivity contribution in [2.24, 2.45) is 0 Å². The van der Waals surface area contributed by atoms with Crippen LogP contribution in [0.3, 0.4) is 0 Å². The second kappa shape index (κ2) is 7.85. The summed E-state index contributed by atoms with van der Waals surface area (Å²) < 4.78 is 13.3. The van der Waals surface area contributed by atoms with E-state index in [1.807, 2.05) is 16.3 Å². The van der Waals surface area contributed by atoms with Gasteiger partial charge in [-0.05, 0) is 31.5 Å². The number of aromatic nitrogens is 1. The molecule has 4 nitrogen and oxygen atoms in total. The molecule has 1 atom stereocenters. The number of carbonyl (C=O) groups is 1. The number of hydrogen-bond donors (Lipinski definition) is 1. The highest BCUT2D eigenvalue weighted by molar-refractivity contribution is 7.13. The van der Waals surface area contributed by atoms with Crippen LogP contribution in [0, 0.1) is 5.82 Å². The summed E-state index contributed by atoms with van der Waals surface area (Å²) in [6.45, 7) is 4.72. The molecule has 1 fully saturated rings. The molecule has 1 N–H and O–H groups in total. The predicted octanol–water partition coefficient (Wildman–Crippen LogP) is 3.09. The van der Waals surface area contributed by atoms with Crippen LogP contribution in [0.15, 0.2) is 29.6 Å². The number of halogens is 1. The van der Waals surface area contributed by atoms with Crippen LogP contribution in [0.1, 0.15) is 25.5 Å². The second-order valence-corrected chi connectivity index (χ2v) is 6.92. The number of carbonyl (C=O) groups excluding carboxylic acids is 1. The van der Waals surface area contributed by atoms with E-state index in [2.05, 4.69) is 17.2 Å². The van der Waals surface area contributed by atoms with Crippen molar-refractivity contribution in [2.75, 3.05) is 19.6 Å². The lowest BCUT2D eigenvalue weighted by Gasteiger charge is -2.28. The summed E-state index contributed by atoms with van der Waals surface area (Å²) in [5, 5.41) is 5.97. The molecule has 2 aromatic rings. The van der Waals surface area contributed by atoms with Gasteiger partial charge in [-0.3, -0.25) is 4.79 Å². The van der Waals surface area contributed by atoms with Gasteiger partial charge in [0.2, 0.25) is 5.91 Å². The van der Waals surface area contributed by atoms with Gasteiger partial charge in [0.05, 0.1) is 12.1 Å². The van der Waals surface area contributed by atoms with E-state index in [1.165, 1.54) is 23.5 Å². The Morgan fingerprint density at radius 3 is 3.08 bits per heavy atom. The molecule has 0 bridgehead atoms. The van der Waals surface area contributed by atoms with E-state index in [0.717, 1.165) is 48.7 Å². The molecule has 3 rings (SSSR count). The maximum absolute atomic E-state index is 13.3. The van der Waals surface area contributed by atoms with E-state index in [0.29, 0.717) is 12.5 Å². The minimum atomic E-state index is -0.275. The Bertz CT molecular complexity index is 697. The van der Waals surface area contributed by atoms with Gasteiger partial charge in [0.25, 0.3) is 0 Å². The van der Waals surface area contributed by atoms with E-state index >= 15 is 0 Å². The first-order valence-corrected chi connectivity index (χ1v) is 9.26. The van der Waals surface area contributed by atoms with E-state index in [4.69, 9.17) is 0 Å². The lowest BCUT2D eigenvalue weighted by Crippen LogP contribution is -2.42. The molecule has 1 saturated heterocycles. The standard InChI is InChI=1S/C18H22FN3OS/c1-2-8-22(16-6-7-20-11-16)17(23)10-15-12-24-18(21-15)13-4-3-5-14(19)9-13/h3-5,9,12,16,20H,2,6-8,10-11H2,1H3. The Morgan fingerprint density at radius 2 is 2.38 bits per heavy atom. The third-order valence-corrected chi connectivity index (χ3v) is 5.16. The highest BCUT2D eigenvalue weighted by atomic mass is 32.1. The van der Waals surface area contributed by atoms with Crippen molar-refractivity contribution in [2.45, 2.75) is 32.2 Å². The summed E-state index contributed by atoms with van der Waals surface area (Å²) in [4.78, 5) is 19.2. The van der Waals surface area contributed by atoms with Crippen LogP contribution in [-0.2, 0) is 11.2 Å². The van der Waals surface area contributed by atoms with Crippen molar-refractivity contribution in [1.29, 1.82) is 0 Å². The number of thiazole rings is 1. The molecule has 0 saturated carbocycles. The van der Waals surface area contributed by atoms with E-state index in [9.17, 15) is 9.18 Å². The summed E-state index contributed by atoms with van der Waals surface area (Å²) >= 11 is 1.45. The molecule has 1 aliphatic heterocycles. The molecule has 0 aliphatic carbocycles. The van der Waals surface area contributed by atoms with E-state index in [1.54, 1.807) is 6.07 Å². The molecule has 6 heteroatoms. The number of amides is 1. The van der Waals surface area contributed by atoms with Crippen LogP contribution < -0.4 is 5.32 Å². The highest BCUT2D eigenvalue weighted by Crippen LogP contribution is 2.25. The Kier molecular flexibility index (Phi) is 5.58. The normalized spacial score (nSPS) is 17.2. The molecular formula is C18H22FN3OS. The molecule has 0 radical (unpaired) electrons. The first kappa shape index (κ1) is 17.0. The number of nitrogens with one attached hydrogen (secondary N) is 1. The predicted molar refractivity (Wildman–Crippen MR) is 94.5 cm³/mol. The first-order valence-electron chi connectivity index (χ1n) is 8.38. The zero-order valence-corrected chi connectivity index (χ0v) is 14.6. The maximum Gasteiger partial charge on any atom is 0.228 e. The fourth-order valence-corrected chi connectivity index (χ4v) is 3.87. The summed E-state index contributed by atoms with van der Waals surface area (Å²) in [5.74, 6) is -0.148. The Morgan fingerprint density at radius 1 is 1.50 bits per heavy atom.